The first-order valence-electron chi connectivity index (χ1n) is 8.49. The number of ether oxygens (including phenoxy) is 1. The lowest BCUT2D eigenvalue weighted by atomic mass is 10.1. The Hall–Kier alpha value is -3.45. The van der Waals surface area contributed by atoms with E-state index in [1.807, 2.05) is 36.4 Å². The van der Waals surface area contributed by atoms with Gasteiger partial charge in [0, 0.05) is 17.0 Å². The Morgan fingerprint density at radius 2 is 1.96 bits per heavy atom. The molecular formula is C20H16ClN5O2. The lowest BCUT2D eigenvalue weighted by molar-refractivity contribution is 0.102. The Morgan fingerprint density at radius 3 is 2.75 bits per heavy atom. The number of pyridine rings is 1. The summed E-state index contributed by atoms with van der Waals surface area (Å²) in [5.74, 6) is 1.01. The minimum Gasteiger partial charge on any atom is -0.497 e. The van der Waals surface area contributed by atoms with Crippen molar-refractivity contribution in [2.24, 2.45) is 0 Å². The lowest BCUT2D eigenvalue weighted by Gasteiger charge is -2.08. The Kier molecular flexibility index (Phi) is 4.67. The Labute approximate surface area is 165 Å². The van der Waals surface area contributed by atoms with Crippen LogP contribution in [0.25, 0.3) is 22.3 Å². The van der Waals surface area contributed by atoms with Crippen LogP contribution in [0.1, 0.15) is 16.1 Å². The molecule has 0 spiro atoms. The molecule has 0 radical (unpaired) electrons. The number of halogens is 1. The number of rotatable bonds is 4. The molecule has 0 fully saturated rings. The van der Waals surface area contributed by atoms with Crippen molar-refractivity contribution >= 4 is 34.4 Å². The van der Waals surface area contributed by atoms with E-state index in [0.29, 0.717) is 33.4 Å². The molecule has 2 heterocycles. The third-order valence-corrected chi connectivity index (χ3v) is 4.63. The van der Waals surface area contributed by atoms with Crippen LogP contribution >= 0.6 is 11.6 Å². The number of hydrogen-bond donors (Lipinski definition) is 2. The van der Waals surface area contributed by atoms with Crippen molar-refractivity contribution in [3.63, 3.8) is 0 Å². The smallest absolute Gasteiger partial charge is 0.259 e. The number of amides is 1. The SMILES string of the molecule is COc1ccc2cc(C(=O)Nc3n[nH]c(-c4ccccc4Cl)n3)c(C)nc2c1. The van der Waals surface area contributed by atoms with Crippen LogP contribution in [0.5, 0.6) is 5.75 Å². The van der Waals surface area contributed by atoms with Crippen LogP contribution in [-0.4, -0.2) is 33.2 Å². The molecule has 0 unspecified atom stereocenters. The molecule has 8 heteroatoms. The minimum atomic E-state index is -0.340. The molecule has 0 saturated carbocycles. The molecule has 140 valence electrons. The van der Waals surface area contributed by atoms with E-state index in [1.165, 1.54) is 0 Å². The van der Waals surface area contributed by atoms with Gasteiger partial charge in [0.1, 0.15) is 5.75 Å². The third-order valence-electron chi connectivity index (χ3n) is 4.30. The number of hydrogen-bond acceptors (Lipinski definition) is 5. The van der Waals surface area contributed by atoms with Gasteiger partial charge in [-0.25, -0.2) is 0 Å². The molecule has 0 atom stereocenters. The molecule has 4 aromatic rings. The highest BCUT2D eigenvalue weighted by atomic mass is 35.5. The van der Waals surface area contributed by atoms with E-state index in [1.54, 1.807) is 26.2 Å². The fraction of sp³-hybridized carbons (Fsp3) is 0.100. The fourth-order valence-electron chi connectivity index (χ4n) is 2.86. The Balaban J connectivity index is 1.60. The number of methoxy groups -OCH3 is 1. The summed E-state index contributed by atoms with van der Waals surface area (Å²) >= 11 is 6.18. The highest BCUT2D eigenvalue weighted by Gasteiger charge is 2.15. The summed E-state index contributed by atoms with van der Waals surface area (Å²) in [7, 11) is 1.60. The second-order valence-electron chi connectivity index (χ2n) is 6.12. The predicted molar refractivity (Wildman–Crippen MR) is 108 cm³/mol. The molecule has 4 rings (SSSR count). The van der Waals surface area contributed by atoms with E-state index in [4.69, 9.17) is 16.3 Å². The summed E-state index contributed by atoms with van der Waals surface area (Å²) in [5, 5.41) is 10.9. The molecule has 1 amide bonds. The number of H-pyrrole nitrogens is 1. The number of aromatic nitrogens is 4. The van der Waals surface area contributed by atoms with Crippen molar-refractivity contribution in [1.29, 1.82) is 0 Å². The summed E-state index contributed by atoms with van der Waals surface area (Å²) < 4.78 is 5.22. The van der Waals surface area contributed by atoms with Crippen LogP contribution in [0.3, 0.4) is 0 Å². The van der Waals surface area contributed by atoms with Gasteiger partial charge < -0.3 is 4.74 Å². The van der Waals surface area contributed by atoms with Crippen LogP contribution in [0.4, 0.5) is 5.95 Å². The third kappa shape index (κ3) is 3.39. The fourth-order valence-corrected chi connectivity index (χ4v) is 3.09. The average molecular weight is 394 g/mol. The highest BCUT2D eigenvalue weighted by Crippen LogP contribution is 2.25. The van der Waals surface area contributed by atoms with Crippen LogP contribution in [0, 0.1) is 6.92 Å². The molecule has 0 saturated heterocycles. The molecule has 28 heavy (non-hydrogen) atoms. The van der Waals surface area contributed by atoms with Gasteiger partial charge in [-0.05, 0) is 37.3 Å². The summed E-state index contributed by atoms with van der Waals surface area (Å²) in [6.45, 7) is 1.78. The molecule has 0 aliphatic heterocycles. The molecule has 0 aliphatic rings. The predicted octanol–water partition coefficient (Wildman–Crippen LogP) is 4.24. The van der Waals surface area contributed by atoms with Gasteiger partial charge in [0.25, 0.3) is 5.91 Å². The minimum absolute atomic E-state index is 0.161. The van der Waals surface area contributed by atoms with E-state index >= 15 is 0 Å². The first-order chi connectivity index (χ1) is 13.5. The van der Waals surface area contributed by atoms with Gasteiger partial charge >= 0.3 is 0 Å². The van der Waals surface area contributed by atoms with Crippen LogP contribution in [0.15, 0.2) is 48.5 Å². The highest BCUT2D eigenvalue weighted by molar-refractivity contribution is 6.33. The van der Waals surface area contributed by atoms with Gasteiger partial charge in [-0.15, -0.1) is 5.10 Å². The van der Waals surface area contributed by atoms with Crippen molar-refractivity contribution in [3.8, 4) is 17.1 Å². The first kappa shape index (κ1) is 17.9. The lowest BCUT2D eigenvalue weighted by Crippen LogP contribution is -2.15. The van der Waals surface area contributed by atoms with Crippen LogP contribution in [-0.2, 0) is 0 Å². The van der Waals surface area contributed by atoms with E-state index in [9.17, 15) is 4.79 Å². The maximum atomic E-state index is 12.7. The number of aryl methyl sites for hydroxylation is 1. The van der Waals surface area contributed by atoms with Crippen LogP contribution in [0.2, 0.25) is 5.02 Å². The molecule has 2 N–H and O–H groups in total. The zero-order chi connectivity index (χ0) is 19.7. The molecule has 2 aromatic carbocycles. The van der Waals surface area contributed by atoms with Crippen molar-refractivity contribution in [2.45, 2.75) is 6.92 Å². The number of nitrogens with zero attached hydrogens (tertiary/aromatic N) is 3. The summed E-state index contributed by atoms with van der Waals surface area (Å²) in [6.07, 6.45) is 0. The second kappa shape index (κ2) is 7.28. The summed E-state index contributed by atoms with van der Waals surface area (Å²) in [6, 6.07) is 14.6. The summed E-state index contributed by atoms with van der Waals surface area (Å²) in [4.78, 5) is 21.5. The maximum Gasteiger partial charge on any atom is 0.259 e. The van der Waals surface area contributed by atoms with Gasteiger partial charge in [-0.3, -0.25) is 20.2 Å². The molecule has 2 aromatic heterocycles. The number of carbonyl (C=O) groups excluding carboxylic acids is 1. The number of benzene rings is 2. The van der Waals surface area contributed by atoms with Crippen molar-refractivity contribution in [2.75, 3.05) is 12.4 Å². The van der Waals surface area contributed by atoms with E-state index < -0.39 is 0 Å². The molecule has 7 nitrogen and oxygen atoms in total. The quantitative estimate of drug-likeness (QED) is 0.541. The molecular weight excluding hydrogens is 378 g/mol. The number of nitrogens with one attached hydrogen (secondary N) is 2. The number of carbonyl (C=O) groups is 1. The van der Waals surface area contributed by atoms with E-state index in [2.05, 4.69) is 25.5 Å². The topological polar surface area (TPSA) is 92.8 Å². The number of aromatic amines is 1. The van der Waals surface area contributed by atoms with Gasteiger partial charge in [0.15, 0.2) is 5.82 Å². The van der Waals surface area contributed by atoms with Gasteiger partial charge in [-0.1, -0.05) is 23.7 Å². The largest absolute Gasteiger partial charge is 0.497 e. The standard InChI is InChI=1S/C20H16ClN5O2/c1-11-15(9-12-7-8-13(28-2)10-17(12)22-11)19(27)24-20-23-18(25-26-20)14-5-3-4-6-16(14)21/h3-10H,1-2H3,(H2,23,24,25,26,27). The Morgan fingerprint density at radius 1 is 1.14 bits per heavy atom. The van der Waals surface area contributed by atoms with Crippen LogP contribution < -0.4 is 10.1 Å². The second-order valence-corrected chi connectivity index (χ2v) is 6.53. The van der Waals surface area contributed by atoms with Crippen molar-refractivity contribution < 1.29 is 9.53 Å². The number of anilines is 1. The zero-order valence-electron chi connectivity index (χ0n) is 15.2. The van der Waals surface area contributed by atoms with E-state index in [0.717, 1.165) is 10.9 Å². The Bertz CT molecular complexity index is 1190. The zero-order valence-corrected chi connectivity index (χ0v) is 15.9. The maximum absolute atomic E-state index is 12.7. The van der Waals surface area contributed by atoms with Gasteiger partial charge in [0.05, 0.1) is 28.9 Å². The summed E-state index contributed by atoms with van der Waals surface area (Å²) in [5.41, 5.74) is 2.50. The van der Waals surface area contributed by atoms with Crippen molar-refractivity contribution in [1.82, 2.24) is 20.2 Å². The monoisotopic (exact) mass is 393 g/mol. The number of fused-ring (bicyclic) bond motifs is 1. The average Bonchev–Trinajstić information content (AvgIpc) is 3.15. The normalized spacial score (nSPS) is 10.8. The van der Waals surface area contributed by atoms with Gasteiger partial charge in [-0.2, -0.15) is 4.98 Å². The van der Waals surface area contributed by atoms with E-state index in [-0.39, 0.29) is 11.9 Å². The molecule has 0 bridgehead atoms. The molecule has 0 aliphatic carbocycles. The van der Waals surface area contributed by atoms with Gasteiger partial charge in [0.2, 0.25) is 5.95 Å². The van der Waals surface area contributed by atoms with Crippen molar-refractivity contribution in [3.05, 3.63) is 64.8 Å². The first-order valence-corrected chi connectivity index (χ1v) is 8.87.